The summed E-state index contributed by atoms with van der Waals surface area (Å²) < 4.78 is 36.5. The number of ether oxygens (including phenoxy) is 2. The maximum Gasteiger partial charge on any atom is 0.387 e. The Morgan fingerprint density at radius 2 is 2.07 bits per heavy atom. The second-order valence-electron chi connectivity index (χ2n) is 7.95. The Kier molecular flexibility index (Phi) is 4.85. The van der Waals surface area contributed by atoms with Gasteiger partial charge in [0.1, 0.15) is 5.60 Å². The molecule has 0 saturated heterocycles. The van der Waals surface area contributed by atoms with Crippen LogP contribution < -0.4 is 15.0 Å². The van der Waals surface area contributed by atoms with E-state index in [4.69, 9.17) is 9.47 Å². The molecule has 0 spiro atoms. The van der Waals surface area contributed by atoms with Gasteiger partial charge in [0.15, 0.2) is 11.5 Å². The first-order valence-electron chi connectivity index (χ1n) is 9.44. The third-order valence-corrected chi connectivity index (χ3v) is 5.30. The molecule has 158 valence electrons. The summed E-state index contributed by atoms with van der Waals surface area (Å²) in [4.78, 5) is 15.8. The molecule has 2 N–H and O–H groups in total. The highest BCUT2D eigenvalue weighted by molar-refractivity contribution is 5.93. The van der Waals surface area contributed by atoms with E-state index in [1.165, 1.54) is 6.07 Å². The fourth-order valence-corrected chi connectivity index (χ4v) is 3.92. The number of nitrogens with zero attached hydrogens (tertiary/aromatic N) is 1. The highest BCUT2D eigenvalue weighted by Crippen LogP contribution is 2.50. The maximum atomic E-state index is 12.9. The van der Waals surface area contributed by atoms with Gasteiger partial charge in [-0.1, -0.05) is 6.08 Å². The molecule has 3 heterocycles. The zero-order valence-electron chi connectivity index (χ0n) is 16.3. The van der Waals surface area contributed by atoms with Crippen LogP contribution in [0.2, 0.25) is 0 Å². The molecule has 9 heteroatoms. The van der Waals surface area contributed by atoms with Crippen molar-refractivity contribution in [3.63, 3.8) is 0 Å². The minimum atomic E-state index is -2.96. The molecule has 2 aromatic heterocycles. The average molecular weight is 436 g/mol. The zero-order valence-corrected chi connectivity index (χ0v) is 17.1. The number of hydrogen-bond acceptors (Lipinski definition) is 4. The molecular weight excluding hydrogens is 416 g/mol. The van der Waals surface area contributed by atoms with Crippen molar-refractivity contribution in [2.24, 2.45) is 0 Å². The van der Waals surface area contributed by atoms with E-state index in [0.717, 1.165) is 29.7 Å². The van der Waals surface area contributed by atoms with E-state index in [0.29, 0.717) is 16.5 Å². The number of fused-ring (bicyclic) bond motifs is 2. The summed E-state index contributed by atoms with van der Waals surface area (Å²) >= 11 is 0. The lowest BCUT2D eigenvalue weighted by Crippen LogP contribution is -2.28. The number of aromatic amines is 2. The van der Waals surface area contributed by atoms with Crippen molar-refractivity contribution in [2.75, 3.05) is 0 Å². The van der Waals surface area contributed by atoms with E-state index in [1.54, 1.807) is 12.3 Å². The molecule has 1 saturated carbocycles. The van der Waals surface area contributed by atoms with Crippen LogP contribution in [0, 0.1) is 0 Å². The SMILES string of the molecule is CC1(C)C=Cc2c(-c3[nH]c4cn[nH]c(=O)c4c3C3CC3)ccc(OC(F)F)c2O1.Cl. The van der Waals surface area contributed by atoms with Gasteiger partial charge in [-0.3, -0.25) is 4.79 Å². The minimum absolute atomic E-state index is 0. The molecule has 0 unspecified atom stereocenters. The first-order valence-corrected chi connectivity index (χ1v) is 9.44. The minimum Gasteiger partial charge on any atom is -0.479 e. The number of H-pyrrole nitrogens is 2. The Bertz CT molecular complexity index is 1210. The molecule has 0 atom stereocenters. The van der Waals surface area contributed by atoms with Crippen LogP contribution in [0.5, 0.6) is 11.5 Å². The molecule has 30 heavy (non-hydrogen) atoms. The summed E-state index contributed by atoms with van der Waals surface area (Å²) in [5.41, 5.74) is 2.87. The van der Waals surface area contributed by atoms with Crippen LogP contribution in [0.25, 0.3) is 28.2 Å². The van der Waals surface area contributed by atoms with Crippen LogP contribution in [-0.2, 0) is 0 Å². The predicted molar refractivity (Wildman–Crippen MR) is 112 cm³/mol. The van der Waals surface area contributed by atoms with Gasteiger partial charge >= 0.3 is 6.61 Å². The van der Waals surface area contributed by atoms with Gasteiger partial charge in [-0.25, -0.2) is 5.10 Å². The summed E-state index contributed by atoms with van der Waals surface area (Å²) in [6.45, 7) is 0.728. The normalized spacial score (nSPS) is 16.8. The quantitative estimate of drug-likeness (QED) is 0.604. The summed E-state index contributed by atoms with van der Waals surface area (Å²) in [5, 5.41) is 6.98. The van der Waals surface area contributed by atoms with Crippen molar-refractivity contribution in [3.8, 4) is 22.8 Å². The monoisotopic (exact) mass is 435 g/mol. The maximum absolute atomic E-state index is 12.9. The average Bonchev–Trinajstić information content (AvgIpc) is 3.41. The Hall–Kier alpha value is -2.87. The molecule has 0 amide bonds. The fourth-order valence-electron chi connectivity index (χ4n) is 3.92. The predicted octanol–water partition coefficient (Wildman–Crippen LogP) is 5.00. The van der Waals surface area contributed by atoms with Crippen molar-refractivity contribution in [1.82, 2.24) is 15.2 Å². The van der Waals surface area contributed by atoms with Gasteiger partial charge in [0.05, 0.1) is 22.8 Å². The molecule has 0 bridgehead atoms. The number of nitrogens with one attached hydrogen (secondary N) is 2. The number of halogens is 3. The third kappa shape index (κ3) is 3.35. The van der Waals surface area contributed by atoms with Crippen LogP contribution in [-0.4, -0.2) is 27.4 Å². The highest BCUT2D eigenvalue weighted by Gasteiger charge is 2.34. The lowest BCUT2D eigenvalue weighted by atomic mass is 9.94. The van der Waals surface area contributed by atoms with Gasteiger partial charge in [0.2, 0.25) is 0 Å². The van der Waals surface area contributed by atoms with E-state index < -0.39 is 12.2 Å². The van der Waals surface area contributed by atoms with E-state index >= 15 is 0 Å². The van der Waals surface area contributed by atoms with Crippen LogP contribution in [0.4, 0.5) is 8.78 Å². The van der Waals surface area contributed by atoms with E-state index in [9.17, 15) is 13.6 Å². The summed E-state index contributed by atoms with van der Waals surface area (Å²) in [6, 6.07) is 3.21. The lowest BCUT2D eigenvalue weighted by Gasteiger charge is -2.30. The van der Waals surface area contributed by atoms with E-state index in [-0.39, 0.29) is 35.4 Å². The number of rotatable bonds is 4. The van der Waals surface area contributed by atoms with Crippen molar-refractivity contribution in [2.45, 2.75) is 44.8 Å². The fraction of sp³-hybridized carbons (Fsp3) is 0.333. The molecule has 1 aliphatic heterocycles. The number of alkyl halides is 2. The second kappa shape index (κ2) is 7.12. The second-order valence-corrected chi connectivity index (χ2v) is 7.95. The van der Waals surface area contributed by atoms with Crippen LogP contribution in [0.1, 0.15) is 43.7 Å². The lowest BCUT2D eigenvalue weighted by molar-refractivity contribution is -0.0526. The Balaban J connectivity index is 0.00000218. The first-order chi connectivity index (χ1) is 13.8. The highest BCUT2D eigenvalue weighted by atomic mass is 35.5. The molecule has 1 fully saturated rings. The largest absolute Gasteiger partial charge is 0.479 e. The zero-order chi connectivity index (χ0) is 20.3. The number of benzene rings is 1. The number of hydrogen-bond donors (Lipinski definition) is 2. The number of aromatic nitrogens is 3. The summed E-state index contributed by atoms with van der Waals surface area (Å²) in [7, 11) is 0. The topological polar surface area (TPSA) is 80.0 Å². The van der Waals surface area contributed by atoms with Crippen LogP contribution in [0.15, 0.2) is 29.2 Å². The van der Waals surface area contributed by atoms with Crippen molar-refractivity contribution < 1.29 is 18.3 Å². The van der Waals surface area contributed by atoms with E-state index in [2.05, 4.69) is 15.2 Å². The van der Waals surface area contributed by atoms with Crippen molar-refractivity contribution in [3.05, 3.63) is 45.9 Å². The van der Waals surface area contributed by atoms with Gasteiger partial charge in [-0.05, 0) is 56.4 Å². The third-order valence-electron chi connectivity index (χ3n) is 5.30. The van der Waals surface area contributed by atoms with Crippen molar-refractivity contribution >= 4 is 29.4 Å². The Labute approximate surface area is 176 Å². The molecule has 2 aliphatic rings. The van der Waals surface area contributed by atoms with Gasteiger partial charge in [0.25, 0.3) is 5.56 Å². The Morgan fingerprint density at radius 3 is 2.77 bits per heavy atom. The van der Waals surface area contributed by atoms with Gasteiger partial charge in [0, 0.05) is 11.1 Å². The molecular formula is C21H20ClF2N3O3. The van der Waals surface area contributed by atoms with Gasteiger partial charge in [-0.15, -0.1) is 12.4 Å². The first kappa shape index (κ1) is 20.4. The van der Waals surface area contributed by atoms with Gasteiger partial charge in [-0.2, -0.15) is 13.9 Å². The molecule has 1 aliphatic carbocycles. The molecule has 1 aromatic carbocycles. The summed E-state index contributed by atoms with van der Waals surface area (Å²) in [6.07, 6.45) is 7.31. The standard InChI is InChI=1S/C21H19F2N3O3.ClH/c1-21(2)8-7-12-11(5-6-14(18(12)29-21)28-20(22)23)17-15(10-3-4-10)16-13(25-17)9-24-26-19(16)27;/h5-10,20,25H,3-4H2,1-2H3,(H,26,27);1H. The molecule has 6 nitrogen and oxygen atoms in total. The van der Waals surface area contributed by atoms with Crippen molar-refractivity contribution in [1.29, 1.82) is 0 Å². The van der Waals surface area contributed by atoms with E-state index in [1.807, 2.05) is 26.0 Å². The molecule has 5 rings (SSSR count). The molecule has 3 aromatic rings. The van der Waals surface area contributed by atoms with Crippen LogP contribution in [0.3, 0.4) is 0 Å². The van der Waals surface area contributed by atoms with Gasteiger partial charge < -0.3 is 14.5 Å². The summed E-state index contributed by atoms with van der Waals surface area (Å²) in [5.74, 6) is 0.530. The Morgan fingerprint density at radius 1 is 1.30 bits per heavy atom. The smallest absolute Gasteiger partial charge is 0.387 e. The molecule has 0 radical (unpaired) electrons. The van der Waals surface area contributed by atoms with Crippen LogP contribution >= 0.6 is 12.4 Å².